The molecule has 0 saturated carbocycles. The summed E-state index contributed by atoms with van der Waals surface area (Å²) < 4.78 is 0. The van der Waals surface area contributed by atoms with Crippen LogP contribution in [-0.4, -0.2) is 4.98 Å². The van der Waals surface area contributed by atoms with Crippen molar-refractivity contribution in [3.05, 3.63) is 78.1 Å². The molecule has 3 aromatic carbocycles. The molecule has 0 spiro atoms. The third-order valence-corrected chi connectivity index (χ3v) is 4.89. The second-order valence-corrected chi connectivity index (χ2v) is 8.30. The van der Waals surface area contributed by atoms with Crippen molar-refractivity contribution in [2.75, 3.05) is 0 Å². The molecule has 0 amide bonds. The lowest BCUT2D eigenvalue weighted by molar-refractivity contribution is 0.411. The maximum Gasteiger partial charge on any atom is 0.0998 e. The smallest absolute Gasteiger partial charge is 0.0998 e. The lowest BCUT2D eigenvalue weighted by Gasteiger charge is -2.19. The molecule has 2 heteroatoms. The van der Waals surface area contributed by atoms with E-state index in [2.05, 4.69) is 56.1 Å². The minimum absolute atomic E-state index is 0.238. The lowest BCUT2D eigenvalue weighted by Crippen LogP contribution is -2.08. The molecule has 0 atom stereocenters. The molecule has 0 fully saturated rings. The first-order chi connectivity index (χ1) is 13.0. The predicted octanol–water partition coefficient (Wildman–Crippen LogP) is 6.52. The van der Waals surface area contributed by atoms with E-state index >= 15 is 0 Å². The van der Waals surface area contributed by atoms with Crippen LogP contribution in [0.1, 0.15) is 31.9 Å². The van der Waals surface area contributed by atoms with Crippen LogP contribution in [0.5, 0.6) is 0 Å². The molecule has 0 N–H and O–H groups in total. The van der Waals surface area contributed by atoms with Crippen LogP contribution in [0, 0.1) is 16.7 Å². The molecular weight excluding hydrogens is 328 g/mol. The van der Waals surface area contributed by atoms with E-state index in [9.17, 15) is 5.26 Å². The van der Waals surface area contributed by atoms with Crippen LogP contribution in [0.4, 0.5) is 0 Å². The monoisotopic (exact) mass is 350 g/mol. The van der Waals surface area contributed by atoms with Gasteiger partial charge in [0.05, 0.1) is 11.6 Å². The zero-order chi connectivity index (χ0) is 19.0. The van der Waals surface area contributed by atoms with Gasteiger partial charge in [0.1, 0.15) is 0 Å². The van der Waals surface area contributed by atoms with Crippen molar-refractivity contribution in [2.45, 2.75) is 27.2 Å². The van der Waals surface area contributed by atoms with Crippen molar-refractivity contribution in [1.29, 1.82) is 5.26 Å². The number of benzene rings is 3. The van der Waals surface area contributed by atoms with E-state index in [0.29, 0.717) is 5.56 Å². The Kier molecular flexibility index (Phi) is 4.16. The SMILES string of the molecule is CC(C)(C)Cc1ccc2cncc(-c3ccc(C#N)c4ccccc34)c2c1. The quantitative estimate of drug-likeness (QED) is 0.413. The van der Waals surface area contributed by atoms with Gasteiger partial charge in [-0.05, 0) is 39.8 Å². The molecule has 0 aliphatic heterocycles. The Bertz CT molecular complexity index is 1190. The average molecular weight is 350 g/mol. The molecule has 1 aromatic heterocycles. The highest BCUT2D eigenvalue weighted by atomic mass is 14.6. The van der Waals surface area contributed by atoms with Crippen LogP contribution in [0.3, 0.4) is 0 Å². The molecule has 0 bridgehead atoms. The molecule has 0 radical (unpaired) electrons. The molecule has 1 heterocycles. The van der Waals surface area contributed by atoms with Gasteiger partial charge in [-0.1, -0.05) is 69.3 Å². The minimum atomic E-state index is 0.238. The summed E-state index contributed by atoms with van der Waals surface area (Å²) >= 11 is 0. The molecule has 0 unspecified atom stereocenters. The summed E-state index contributed by atoms with van der Waals surface area (Å²) in [6, 6.07) is 21.0. The number of rotatable bonds is 2. The largest absolute Gasteiger partial charge is 0.263 e. The first-order valence-electron chi connectivity index (χ1n) is 9.25. The zero-order valence-electron chi connectivity index (χ0n) is 16.0. The van der Waals surface area contributed by atoms with E-state index in [-0.39, 0.29) is 5.41 Å². The van der Waals surface area contributed by atoms with Crippen LogP contribution in [0.25, 0.3) is 32.7 Å². The van der Waals surface area contributed by atoms with Gasteiger partial charge in [0.25, 0.3) is 0 Å². The highest BCUT2D eigenvalue weighted by molar-refractivity contribution is 6.06. The molecule has 0 aliphatic carbocycles. The third-order valence-electron chi connectivity index (χ3n) is 4.89. The van der Waals surface area contributed by atoms with Gasteiger partial charge in [0, 0.05) is 28.7 Å². The topological polar surface area (TPSA) is 36.7 Å². The number of nitrogens with zero attached hydrogens (tertiary/aromatic N) is 2. The van der Waals surface area contributed by atoms with Gasteiger partial charge in [-0.15, -0.1) is 0 Å². The summed E-state index contributed by atoms with van der Waals surface area (Å²) in [7, 11) is 0. The molecule has 4 aromatic rings. The fourth-order valence-electron chi connectivity index (χ4n) is 3.78. The summed E-state index contributed by atoms with van der Waals surface area (Å²) in [5, 5.41) is 13.9. The van der Waals surface area contributed by atoms with Crippen molar-refractivity contribution in [1.82, 2.24) is 4.98 Å². The van der Waals surface area contributed by atoms with Crippen LogP contribution in [0.2, 0.25) is 0 Å². The molecule has 2 nitrogen and oxygen atoms in total. The van der Waals surface area contributed by atoms with Gasteiger partial charge in [-0.25, -0.2) is 0 Å². The van der Waals surface area contributed by atoms with Gasteiger partial charge >= 0.3 is 0 Å². The van der Waals surface area contributed by atoms with E-state index in [1.165, 1.54) is 10.9 Å². The molecule has 27 heavy (non-hydrogen) atoms. The molecule has 0 aliphatic rings. The van der Waals surface area contributed by atoms with Crippen molar-refractivity contribution in [3.8, 4) is 17.2 Å². The van der Waals surface area contributed by atoms with Gasteiger partial charge < -0.3 is 0 Å². The summed E-state index contributed by atoms with van der Waals surface area (Å²) in [5.41, 5.74) is 4.51. The van der Waals surface area contributed by atoms with E-state index in [1.54, 1.807) is 0 Å². The number of hydrogen-bond donors (Lipinski definition) is 0. The van der Waals surface area contributed by atoms with E-state index in [1.807, 2.05) is 42.7 Å². The molecule has 132 valence electrons. The number of nitriles is 1. The summed E-state index contributed by atoms with van der Waals surface area (Å²) in [4.78, 5) is 4.48. The fraction of sp³-hybridized carbons (Fsp3) is 0.200. The highest BCUT2D eigenvalue weighted by Gasteiger charge is 2.14. The summed E-state index contributed by atoms with van der Waals surface area (Å²) in [5.74, 6) is 0. The van der Waals surface area contributed by atoms with Crippen LogP contribution < -0.4 is 0 Å². The van der Waals surface area contributed by atoms with Gasteiger partial charge in [-0.3, -0.25) is 4.98 Å². The Morgan fingerprint density at radius 2 is 1.63 bits per heavy atom. The van der Waals surface area contributed by atoms with Crippen molar-refractivity contribution in [3.63, 3.8) is 0 Å². The normalized spacial score (nSPS) is 11.6. The Hall–Kier alpha value is -3.18. The first kappa shape index (κ1) is 17.2. The van der Waals surface area contributed by atoms with Gasteiger partial charge in [-0.2, -0.15) is 5.26 Å². The molecular formula is C25H22N2. The van der Waals surface area contributed by atoms with E-state index in [4.69, 9.17) is 0 Å². The fourth-order valence-corrected chi connectivity index (χ4v) is 3.78. The number of hydrogen-bond acceptors (Lipinski definition) is 2. The number of aromatic nitrogens is 1. The van der Waals surface area contributed by atoms with E-state index < -0.39 is 0 Å². The van der Waals surface area contributed by atoms with Crippen LogP contribution in [0.15, 0.2) is 67.0 Å². The maximum atomic E-state index is 9.45. The second kappa shape index (κ2) is 6.52. The van der Waals surface area contributed by atoms with Crippen molar-refractivity contribution < 1.29 is 0 Å². The Morgan fingerprint density at radius 1 is 0.852 bits per heavy atom. The minimum Gasteiger partial charge on any atom is -0.263 e. The van der Waals surface area contributed by atoms with Crippen LogP contribution >= 0.6 is 0 Å². The van der Waals surface area contributed by atoms with E-state index in [0.717, 1.165) is 33.7 Å². The Morgan fingerprint density at radius 3 is 2.37 bits per heavy atom. The Labute approximate surface area is 160 Å². The first-order valence-corrected chi connectivity index (χ1v) is 9.25. The highest BCUT2D eigenvalue weighted by Crippen LogP contribution is 2.35. The molecule has 0 saturated heterocycles. The van der Waals surface area contributed by atoms with Crippen molar-refractivity contribution in [2.24, 2.45) is 5.41 Å². The number of fused-ring (bicyclic) bond motifs is 2. The standard InChI is InChI=1S/C25H22N2/c1-25(2,3)13-17-8-9-19-15-27-16-24(23(19)12-17)22-11-10-18(14-26)20-6-4-5-7-21(20)22/h4-12,15-16H,13H2,1-3H3. The molecule has 4 rings (SSSR count). The third kappa shape index (κ3) is 3.29. The second-order valence-electron chi connectivity index (χ2n) is 8.30. The summed E-state index contributed by atoms with van der Waals surface area (Å²) in [6.07, 6.45) is 4.89. The average Bonchev–Trinajstić information content (AvgIpc) is 2.65. The number of pyridine rings is 1. The maximum absolute atomic E-state index is 9.45. The van der Waals surface area contributed by atoms with Crippen LogP contribution in [-0.2, 0) is 6.42 Å². The summed E-state index contributed by atoms with van der Waals surface area (Å²) in [6.45, 7) is 6.79. The van der Waals surface area contributed by atoms with Crippen molar-refractivity contribution >= 4 is 21.5 Å². The zero-order valence-corrected chi connectivity index (χ0v) is 16.0. The van der Waals surface area contributed by atoms with Gasteiger partial charge in [0.2, 0.25) is 0 Å². The van der Waals surface area contributed by atoms with Gasteiger partial charge in [0.15, 0.2) is 0 Å². The predicted molar refractivity (Wildman–Crippen MR) is 113 cm³/mol. The Balaban J connectivity index is 1.98. The lowest BCUT2D eigenvalue weighted by atomic mass is 9.86.